The zero-order valence-electron chi connectivity index (χ0n) is 15.7. The van der Waals surface area contributed by atoms with E-state index in [1.54, 1.807) is 30.9 Å². The van der Waals surface area contributed by atoms with Gasteiger partial charge in [-0.2, -0.15) is 5.26 Å². The largest absolute Gasteiger partial charge is 0.357 e. The van der Waals surface area contributed by atoms with Gasteiger partial charge in [0.15, 0.2) is 0 Å². The summed E-state index contributed by atoms with van der Waals surface area (Å²) in [7, 11) is 0. The lowest BCUT2D eigenvalue weighted by atomic mass is 9.95. The second-order valence-corrected chi connectivity index (χ2v) is 7.15. The molecular formula is C20H23N7O. The van der Waals surface area contributed by atoms with Gasteiger partial charge in [0.2, 0.25) is 5.91 Å². The fraction of sp³-hybridized carbons (Fsp3) is 0.450. The van der Waals surface area contributed by atoms with Gasteiger partial charge >= 0.3 is 0 Å². The van der Waals surface area contributed by atoms with Crippen molar-refractivity contribution in [2.75, 3.05) is 49.1 Å². The molecule has 2 aromatic heterocycles. The highest BCUT2D eigenvalue weighted by molar-refractivity contribution is 5.79. The molecule has 0 atom stereocenters. The summed E-state index contributed by atoms with van der Waals surface area (Å²) in [5.41, 5.74) is 0.564. The number of rotatable bonds is 3. The molecule has 4 heterocycles. The second kappa shape index (κ2) is 8.21. The number of hydrogen-bond acceptors (Lipinski definition) is 7. The van der Waals surface area contributed by atoms with Gasteiger partial charge in [0, 0.05) is 63.8 Å². The number of aromatic nitrogens is 3. The monoisotopic (exact) mass is 377 g/mol. The molecule has 0 aliphatic carbocycles. The quantitative estimate of drug-likeness (QED) is 0.797. The van der Waals surface area contributed by atoms with Gasteiger partial charge < -0.3 is 14.7 Å². The van der Waals surface area contributed by atoms with Crippen molar-refractivity contribution in [3.05, 3.63) is 42.5 Å². The Bertz CT molecular complexity index is 833. The minimum atomic E-state index is 0.0812. The fourth-order valence-corrected chi connectivity index (χ4v) is 3.86. The van der Waals surface area contributed by atoms with Gasteiger partial charge in [0.05, 0.1) is 11.8 Å². The number of nitriles is 1. The number of hydrogen-bond donors (Lipinski definition) is 0. The van der Waals surface area contributed by atoms with Gasteiger partial charge in [-0.3, -0.25) is 9.78 Å². The van der Waals surface area contributed by atoms with Crippen molar-refractivity contribution in [3.63, 3.8) is 0 Å². The zero-order chi connectivity index (χ0) is 19.3. The summed E-state index contributed by atoms with van der Waals surface area (Å²) in [6, 6.07) is 5.76. The molecule has 0 radical (unpaired) electrons. The van der Waals surface area contributed by atoms with Gasteiger partial charge in [0.25, 0.3) is 0 Å². The Kier molecular flexibility index (Phi) is 5.33. The predicted molar refractivity (Wildman–Crippen MR) is 105 cm³/mol. The highest BCUT2D eigenvalue weighted by Crippen LogP contribution is 2.24. The van der Waals surface area contributed by atoms with Crippen molar-refractivity contribution in [2.45, 2.75) is 12.8 Å². The smallest absolute Gasteiger partial charge is 0.225 e. The molecule has 0 unspecified atom stereocenters. The van der Waals surface area contributed by atoms with Gasteiger partial charge in [-0.1, -0.05) is 0 Å². The topological polar surface area (TPSA) is 89.3 Å². The van der Waals surface area contributed by atoms with Crippen molar-refractivity contribution < 1.29 is 4.79 Å². The van der Waals surface area contributed by atoms with Crippen molar-refractivity contribution in [1.82, 2.24) is 19.9 Å². The summed E-state index contributed by atoms with van der Waals surface area (Å²) in [4.78, 5) is 32.1. The summed E-state index contributed by atoms with van der Waals surface area (Å²) in [6.45, 7) is 4.67. The van der Waals surface area contributed by atoms with E-state index < -0.39 is 0 Å². The van der Waals surface area contributed by atoms with E-state index in [1.165, 1.54) is 0 Å². The Labute approximate surface area is 164 Å². The molecule has 0 N–H and O–H groups in total. The number of amides is 1. The molecule has 2 aliphatic rings. The molecule has 8 heteroatoms. The molecule has 2 saturated heterocycles. The van der Waals surface area contributed by atoms with E-state index in [9.17, 15) is 4.79 Å². The lowest BCUT2D eigenvalue weighted by Gasteiger charge is -2.39. The first kappa shape index (κ1) is 18.2. The van der Waals surface area contributed by atoms with Crippen LogP contribution in [0.5, 0.6) is 0 Å². The Morgan fingerprint density at radius 3 is 2.29 bits per heavy atom. The average Bonchev–Trinajstić information content (AvgIpc) is 2.79. The van der Waals surface area contributed by atoms with E-state index in [4.69, 9.17) is 5.26 Å². The van der Waals surface area contributed by atoms with E-state index >= 15 is 0 Å². The third-order valence-electron chi connectivity index (χ3n) is 5.51. The van der Waals surface area contributed by atoms with Crippen molar-refractivity contribution >= 4 is 17.5 Å². The van der Waals surface area contributed by atoms with E-state index in [1.807, 2.05) is 11.0 Å². The maximum Gasteiger partial charge on any atom is 0.225 e. The number of anilines is 2. The highest BCUT2D eigenvalue weighted by atomic mass is 16.2. The fourth-order valence-electron chi connectivity index (χ4n) is 3.86. The molecule has 2 aliphatic heterocycles. The first-order valence-corrected chi connectivity index (χ1v) is 9.65. The number of nitrogens with zero attached hydrogens (tertiary/aromatic N) is 7. The molecule has 0 saturated carbocycles. The number of carbonyl (C=O) groups is 1. The van der Waals surface area contributed by atoms with E-state index in [0.717, 1.165) is 63.7 Å². The van der Waals surface area contributed by atoms with Crippen LogP contribution in [0.15, 0.2) is 36.9 Å². The molecule has 144 valence electrons. The molecule has 0 aromatic carbocycles. The van der Waals surface area contributed by atoms with Crippen LogP contribution in [0.1, 0.15) is 18.4 Å². The summed E-state index contributed by atoms with van der Waals surface area (Å²) >= 11 is 0. The van der Waals surface area contributed by atoms with Crippen LogP contribution in [0.25, 0.3) is 0 Å². The molecule has 2 fully saturated rings. The molecule has 4 rings (SSSR count). The second-order valence-electron chi connectivity index (χ2n) is 7.15. The third kappa shape index (κ3) is 3.88. The van der Waals surface area contributed by atoms with Gasteiger partial charge in [-0.15, -0.1) is 0 Å². The van der Waals surface area contributed by atoms with Crippen LogP contribution in [0, 0.1) is 17.2 Å². The number of pyridine rings is 1. The molecule has 0 bridgehead atoms. The SMILES string of the molecule is N#Cc1ccc(N2CCC(C(=O)N3CCN(c4cnccn4)CC3)CC2)nc1. The van der Waals surface area contributed by atoms with Crippen molar-refractivity contribution in [1.29, 1.82) is 5.26 Å². The average molecular weight is 377 g/mol. The normalized spacial score (nSPS) is 18.0. The maximum atomic E-state index is 12.9. The minimum Gasteiger partial charge on any atom is -0.357 e. The minimum absolute atomic E-state index is 0.0812. The maximum absolute atomic E-state index is 12.9. The first-order valence-electron chi connectivity index (χ1n) is 9.65. The molecule has 8 nitrogen and oxygen atoms in total. The lowest BCUT2D eigenvalue weighted by molar-refractivity contribution is -0.136. The summed E-state index contributed by atoms with van der Waals surface area (Å²) in [5.74, 6) is 2.10. The number of piperidine rings is 1. The molecule has 0 spiro atoms. The Balaban J connectivity index is 1.28. The summed E-state index contributed by atoms with van der Waals surface area (Å²) in [6.07, 6.45) is 8.41. The van der Waals surface area contributed by atoms with E-state index in [0.29, 0.717) is 5.56 Å². The lowest BCUT2D eigenvalue weighted by Crippen LogP contribution is -2.52. The van der Waals surface area contributed by atoms with Crippen molar-refractivity contribution in [3.8, 4) is 6.07 Å². The van der Waals surface area contributed by atoms with Crippen molar-refractivity contribution in [2.24, 2.45) is 5.92 Å². The van der Waals surface area contributed by atoms with Crippen LogP contribution < -0.4 is 9.80 Å². The van der Waals surface area contributed by atoms with E-state index in [2.05, 4.69) is 30.8 Å². The van der Waals surface area contributed by atoms with Crippen LogP contribution in [0.2, 0.25) is 0 Å². The highest BCUT2D eigenvalue weighted by Gasteiger charge is 2.31. The zero-order valence-corrected chi connectivity index (χ0v) is 15.7. The Hall–Kier alpha value is -3.21. The Morgan fingerprint density at radius 2 is 1.68 bits per heavy atom. The molecule has 28 heavy (non-hydrogen) atoms. The molecular weight excluding hydrogens is 354 g/mol. The van der Waals surface area contributed by atoms with Crippen LogP contribution >= 0.6 is 0 Å². The first-order chi connectivity index (χ1) is 13.7. The van der Waals surface area contributed by atoms with E-state index in [-0.39, 0.29) is 11.8 Å². The molecule has 2 aromatic rings. The number of piperazine rings is 1. The van der Waals surface area contributed by atoms with Gasteiger partial charge in [0.1, 0.15) is 17.7 Å². The van der Waals surface area contributed by atoms with Crippen LogP contribution in [-0.2, 0) is 4.79 Å². The standard InChI is InChI=1S/C20H23N7O/c21-13-16-1-2-18(24-14-16)25-7-3-17(4-8-25)20(28)27-11-9-26(10-12-27)19-15-22-5-6-23-19/h1-2,5-6,14-15,17H,3-4,7-12H2. The Morgan fingerprint density at radius 1 is 0.929 bits per heavy atom. The molecule has 1 amide bonds. The van der Waals surface area contributed by atoms with Crippen LogP contribution in [-0.4, -0.2) is 65.0 Å². The van der Waals surface area contributed by atoms with Crippen LogP contribution in [0.3, 0.4) is 0 Å². The number of carbonyl (C=O) groups excluding carboxylic acids is 1. The van der Waals surface area contributed by atoms with Crippen LogP contribution in [0.4, 0.5) is 11.6 Å². The van der Waals surface area contributed by atoms with Gasteiger partial charge in [-0.05, 0) is 25.0 Å². The third-order valence-corrected chi connectivity index (χ3v) is 5.51. The predicted octanol–water partition coefficient (Wildman–Crippen LogP) is 1.31. The summed E-state index contributed by atoms with van der Waals surface area (Å²) < 4.78 is 0. The van der Waals surface area contributed by atoms with Gasteiger partial charge in [-0.25, -0.2) is 9.97 Å². The summed E-state index contributed by atoms with van der Waals surface area (Å²) in [5, 5.41) is 8.88.